The van der Waals surface area contributed by atoms with Gasteiger partial charge in [-0.15, -0.1) is 0 Å². The molecule has 88 valence electrons. The van der Waals surface area contributed by atoms with Crippen molar-refractivity contribution < 1.29 is 4.74 Å². The monoisotopic (exact) mass is 230 g/mol. The van der Waals surface area contributed by atoms with Gasteiger partial charge in [-0.1, -0.05) is 0 Å². The molecule has 0 aliphatic carbocycles. The van der Waals surface area contributed by atoms with Gasteiger partial charge in [0.05, 0.1) is 7.11 Å². The molecule has 17 heavy (non-hydrogen) atoms. The number of benzene rings is 1. The molecule has 5 heteroatoms. The van der Waals surface area contributed by atoms with Gasteiger partial charge in [-0.2, -0.15) is 0 Å². The van der Waals surface area contributed by atoms with Crippen molar-refractivity contribution in [2.45, 2.75) is 6.92 Å². The number of methoxy groups -OCH3 is 1. The number of nitrogens with one attached hydrogen (secondary N) is 1. The summed E-state index contributed by atoms with van der Waals surface area (Å²) >= 11 is 0. The van der Waals surface area contributed by atoms with Crippen LogP contribution in [0.5, 0.6) is 5.75 Å². The highest BCUT2D eigenvalue weighted by atomic mass is 16.5. The van der Waals surface area contributed by atoms with Crippen LogP contribution in [0.25, 0.3) is 0 Å². The molecule has 0 amide bonds. The third kappa shape index (κ3) is 2.44. The minimum Gasteiger partial charge on any atom is -0.497 e. The Bertz CT molecular complexity index is 528. The van der Waals surface area contributed by atoms with Crippen molar-refractivity contribution in [1.29, 1.82) is 0 Å². The summed E-state index contributed by atoms with van der Waals surface area (Å²) in [5, 5.41) is 3.14. The van der Waals surface area contributed by atoms with Gasteiger partial charge in [0.25, 0.3) is 0 Å². The summed E-state index contributed by atoms with van der Waals surface area (Å²) in [6.07, 6.45) is 3.15. The third-order valence-corrected chi connectivity index (χ3v) is 2.41. The third-order valence-electron chi connectivity index (χ3n) is 2.41. The second-order valence-electron chi connectivity index (χ2n) is 3.60. The Hall–Kier alpha value is -2.30. The fraction of sp³-hybridized carbons (Fsp3) is 0.167. The van der Waals surface area contributed by atoms with Crippen molar-refractivity contribution >= 4 is 17.3 Å². The molecule has 2 rings (SSSR count). The Morgan fingerprint density at radius 3 is 2.65 bits per heavy atom. The summed E-state index contributed by atoms with van der Waals surface area (Å²) in [5.74, 6) is 1.75. The molecule has 0 fully saturated rings. The van der Waals surface area contributed by atoms with E-state index in [1.54, 1.807) is 19.5 Å². The molecule has 0 aliphatic heterocycles. The smallest absolute Gasteiger partial charge is 0.173 e. The van der Waals surface area contributed by atoms with Crippen molar-refractivity contribution in [2.75, 3.05) is 18.2 Å². The van der Waals surface area contributed by atoms with Gasteiger partial charge in [0.1, 0.15) is 5.75 Å². The molecule has 0 saturated carbocycles. The Balaban J connectivity index is 2.28. The average molecular weight is 230 g/mol. The van der Waals surface area contributed by atoms with E-state index in [1.165, 1.54) is 0 Å². The Kier molecular flexibility index (Phi) is 3.09. The number of aryl methyl sites for hydroxylation is 1. The molecule has 3 N–H and O–H groups in total. The van der Waals surface area contributed by atoms with E-state index in [0.29, 0.717) is 11.6 Å². The van der Waals surface area contributed by atoms with Gasteiger partial charge in [-0.05, 0) is 30.7 Å². The van der Waals surface area contributed by atoms with Gasteiger partial charge in [-0.3, -0.25) is 0 Å². The fourth-order valence-corrected chi connectivity index (χ4v) is 1.48. The Morgan fingerprint density at radius 2 is 2.00 bits per heavy atom. The van der Waals surface area contributed by atoms with Gasteiger partial charge in [-0.25, -0.2) is 9.97 Å². The number of hydrogen-bond acceptors (Lipinski definition) is 5. The van der Waals surface area contributed by atoms with Crippen LogP contribution in [-0.2, 0) is 0 Å². The summed E-state index contributed by atoms with van der Waals surface area (Å²) < 4.78 is 5.14. The van der Waals surface area contributed by atoms with Crippen molar-refractivity contribution in [2.24, 2.45) is 0 Å². The largest absolute Gasteiger partial charge is 0.497 e. The molecule has 0 bridgehead atoms. The number of nitrogen functional groups attached to an aromatic ring is 1. The van der Waals surface area contributed by atoms with Crippen LogP contribution in [-0.4, -0.2) is 17.1 Å². The highest BCUT2D eigenvalue weighted by Crippen LogP contribution is 2.25. The van der Waals surface area contributed by atoms with E-state index in [2.05, 4.69) is 15.3 Å². The quantitative estimate of drug-likeness (QED) is 0.844. The van der Waals surface area contributed by atoms with Gasteiger partial charge in [0.2, 0.25) is 0 Å². The maximum atomic E-state index is 5.71. The molecule has 1 aromatic carbocycles. The van der Waals surface area contributed by atoms with E-state index in [-0.39, 0.29) is 0 Å². The number of hydrogen-bond donors (Lipinski definition) is 2. The van der Waals surface area contributed by atoms with Crippen LogP contribution >= 0.6 is 0 Å². The lowest BCUT2D eigenvalue weighted by Gasteiger charge is -2.10. The van der Waals surface area contributed by atoms with E-state index in [9.17, 15) is 0 Å². The van der Waals surface area contributed by atoms with Crippen molar-refractivity contribution in [3.63, 3.8) is 0 Å². The van der Waals surface area contributed by atoms with E-state index in [0.717, 1.165) is 17.0 Å². The summed E-state index contributed by atoms with van der Waals surface area (Å²) in [5.41, 5.74) is 7.69. The first-order valence-electron chi connectivity index (χ1n) is 5.19. The molecule has 0 spiro atoms. The molecule has 0 radical (unpaired) electrons. The lowest BCUT2D eigenvalue weighted by Crippen LogP contribution is -2.01. The van der Waals surface area contributed by atoms with Gasteiger partial charge in [0.15, 0.2) is 11.6 Å². The van der Waals surface area contributed by atoms with E-state index < -0.39 is 0 Å². The van der Waals surface area contributed by atoms with Gasteiger partial charge >= 0.3 is 0 Å². The molecular weight excluding hydrogens is 216 g/mol. The fourth-order valence-electron chi connectivity index (χ4n) is 1.48. The number of ether oxygens (including phenoxy) is 1. The van der Waals surface area contributed by atoms with Gasteiger partial charge in [0, 0.05) is 18.1 Å². The summed E-state index contributed by atoms with van der Waals surface area (Å²) in [4.78, 5) is 8.09. The highest BCUT2D eigenvalue weighted by molar-refractivity contribution is 5.68. The SMILES string of the molecule is COc1ccc(Nc2nccnc2N)c(C)c1. The molecule has 1 heterocycles. The first kappa shape index (κ1) is 11.2. The predicted octanol–water partition coefficient (Wildman–Crippen LogP) is 2.12. The molecule has 0 atom stereocenters. The predicted molar refractivity (Wildman–Crippen MR) is 67.5 cm³/mol. The highest BCUT2D eigenvalue weighted by Gasteiger charge is 2.04. The number of rotatable bonds is 3. The van der Waals surface area contributed by atoms with Crippen LogP contribution in [0.4, 0.5) is 17.3 Å². The normalized spacial score (nSPS) is 10.0. The standard InChI is InChI=1S/C12H14N4O/c1-8-7-9(17-2)3-4-10(8)16-12-11(13)14-5-6-15-12/h3-7H,1-2H3,(H2,13,14)(H,15,16). The van der Waals surface area contributed by atoms with E-state index in [4.69, 9.17) is 10.5 Å². The van der Waals surface area contributed by atoms with Crippen LogP contribution in [0.15, 0.2) is 30.6 Å². The Morgan fingerprint density at radius 1 is 1.24 bits per heavy atom. The van der Waals surface area contributed by atoms with Crippen molar-refractivity contribution in [1.82, 2.24) is 9.97 Å². The summed E-state index contributed by atoms with van der Waals surface area (Å²) in [6.45, 7) is 1.98. The lowest BCUT2D eigenvalue weighted by molar-refractivity contribution is 0.414. The average Bonchev–Trinajstić information content (AvgIpc) is 2.34. The summed E-state index contributed by atoms with van der Waals surface area (Å²) in [6, 6.07) is 5.74. The van der Waals surface area contributed by atoms with Crippen LogP contribution in [0.2, 0.25) is 0 Å². The second-order valence-corrected chi connectivity index (χ2v) is 3.60. The second kappa shape index (κ2) is 4.69. The van der Waals surface area contributed by atoms with Crippen molar-refractivity contribution in [3.8, 4) is 5.75 Å². The van der Waals surface area contributed by atoms with Crippen LogP contribution in [0, 0.1) is 6.92 Å². The number of nitrogens with zero attached hydrogens (tertiary/aromatic N) is 2. The molecule has 5 nitrogen and oxygen atoms in total. The molecule has 0 unspecified atom stereocenters. The molecule has 0 aliphatic rings. The lowest BCUT2D eigenvalue weighted by atomic mass is 10.2. The topological polar surface area (TPSA) is 73.1 Å². The van der Waals surface area contributed by atoms with Crippen molar-refractivity contribution in [3.05, 3.63) is 36.2 Å². The zero-order chi connectivity index (χ0) is 12.3. The molecule has 1 aromatic heterocycles. The number of aromatic nitrogens is 2. The number of nitrogens with two attached hydrogens (primary N) is 1. The van der Waals surface area contributed by atoms with Gasteiger partial charge < -0.3 is 15.8 Å². The maximum absolute atomic E-state index is 5.71. The summed E-state index contributed by atoms with van der Waals surface area (Å²) in [7, 11) is 1.64. The zero-order valence-corrected chi connectivity index (χ0v) is 9.77. The molecular formula is C12H14N4O. The van der Waals surface area contributed by atoms with Crippen LogP contribution in [0.3, 0.4) is 0 Å². The van der Waals surface area contributed by atoms with Crippen LogP contribution < -0.4 is 15.8 Å². The minimum absolute atomic E-state index is 0.378. The first-order valence-corrected chi connectivity index (χ1v) is 5.19. The molecule has 2 aromatic rings. The first-order chi connectivity index (χ1) is 8.20. The minimum atomic E-state index is 0.378. The molecule has 0 saturated heterocycles. The van der Waals surface area contributed by atoms with E-state index in [1.807, 2.05) is 25.1 Å². The maximum Gasteiger partial charge on any atom is 0.173 e. The van der Waals surface area contributed by atoms with Crippen LogP contribution in [0.1, 0.15) is 5.56 Å². The van der Waals surface area contributed by atoms with E-state index >= 15 is 0 Å². The number of anilines is 3. The zero-order valence-electron chi connectivity index (χ0n) is 9.77. The Labute approximate surface area is 99.7 Å².